The third kappa shape index (κ3) is 2.36. The van der Waals surface area contributed by atoms with E-state index in [0.717, 1.165) is 24.8 Å². The van der Waals surface area contributed by atoms with E-state index in [9.17, 15) is 4.39 Å². The third-order valence-electron chi connectivity index (χ3n) is 2.80. The van der Waals surface area contributed by atoms with Gasteiger partial charge < -0.3 is 4.98 Å². The molecule has 1 heterocycles. The van der Waals surface area contributed by atoms with E-state index >= 15 is 0 Å². The van der Waals surface area contributed by atoms with E-state index in [1.54, 1.807) is 6.07 Å². The van der Waals surface area contributed by atoms with Crippen LogP contribution in [0.1, 0.15) is 0 Å². The van der Waals surface area contributed by atoms with Crippen LogP contribution in [-0.2, 0) is 0 Å². The maximum atomic E-state index is 13.2. The van der Waals surface area contributed by atoms with E-state index in [0.29, 0.717) is 4.77 Å². The SMILES string of the molecule is Fc1ccc(-n2c(=S)[nH]c3ccc(Br)cc32)c(I)c1. The largest absolute Gasteiger partial charge is 0.330 e. The van der Waals surface area contributed by atoms with Crippen LogP contribution in [0.4, 0.5) is 4.39 Å². The van der Waals surface area contributed by atoms with Gasteiger partial charge in [0, 0.05) is 8.04 Å². The van der Waals surface area contributed by atoms with Crippen molar-refractivity contribution in [2.24, 2.45) is 0 Å². The Hall–Kier alpha value is -0.730. The van der Waals surface area contributed by atoms with E-state index in [1.807, 2.05) is 22.8 Å². The minimum Gasteiger partial charge on any atom is -0.330 e. The van der Waals surface area contributed by atoms with Gasteiger partial charge in [-0.2, -0.15) is 0 Å². The molecule has 0 spiro atoms. The van der Waals surface area contributed by atoms with Crippen molar-refractivity contribution in [2.75, 3.05) is 0 Å². The number of rotatable bonds is 1. The summed E-state index contributed by atoms with van der Waals surface area (Å²) in [5.74, 6) is -0.249. The van der Waals surface area contributed by atoms with Gasteiger partial charge in [-0.15, -0.1) is 0 Å². The first-order valence-electron chi connectivity index (χ1n) is 5.42. The van der Waals surface area contributed by atoms with Gasteiger partial charge in [-0.05, 0) is 71.2 Å². The summed E-state index contributed by atoms with van der Waals surface area (Å²) in [5.41, 5.74) is 2.79. The first-order chi connectivity index (χ1) is 9.06. The van der Waals surface area contributed by atoms with Gasteiger partial charge in [0.05, 0.1) is 16.7 Å². The van der Waals surface area contributed by atoms with Gasteiger partial charge in [0.25, 0.3) is 0 Å². The molecule has 0 radical (unpaired) electrons. The Kier molecular flexibility index (Phi) is 3.48. The van der Waals surface area contributed by atoms with Crippen molar-refractivity contribution in [1.29, 1.82) is 0 Å². The molecule has 0 saturated heterocycles. The molecule has 2 aromatic carbocycles. The minimum atomic E-state index is -0.249. The Bertz CT molecular complexity index is 840. The predicted molar refractivity (Wildman–Crippen MR) is 88.8 cm³/mol. The number of nitrogens with one attached hydrogen (secondary N) is 1. The van der Waals surface area contributed by atoms with E-state index < -0.39 is 0 Å². The zero-order valence-electron chi connectivity index (χ0n) is 9.45. The van der Waals surface area contributed by atoms with Gasteiger partial charge in [0.2, 0.25) is 0 Å². The quantitative estimate of drug-likeness (QED) is 0.401. The second kappa shape index (κ2) is 4.99. The number of aromatic nitrogens is 2. The van der Waals surface area contributed by atoms with Gasteiger partial charge in [0.15, 0.2) is 4.77 Å². The molecule has 96 valence electrons. The molecule has 2 nitrogen and oxygen atoms in total. The van der Waals surface area contributed by atoms with Gasteiger partial charge >= 0.3 is 0 Å². The topological polar surface area (TPSA) is 20.7 Å². The lowest BCUT2D eigenvalue weighted by atomic mass is 10.3. The van der Waals surface area contributed by atoms with Crippen molar-refractivity contribution in [2.45, 2.75) is 0 Å². The second-order valence-electron chi connectivity index (χ2n) is 4.02. The van der Waals surface area contributed by atoms with Crippen LogP contribution in [0.5, 0.6) is 0 Å². The van der Waals surface area contributed by atoms with Crippen molar-refractivity contribution < 1.29 is 4.39 Å². The molecule has 0 amide bonds. The maximum Gasteiger partial charge on any atom is 0.182 e. The summed E-state index contributed by atoms with van der Waals surface area (Å²) < 4.78 is 17.5. The van der Waals surface area contributed by atoms with E-state index in [2.05, 4.69) is 43.5 Å². The molecule has 1 N–H and O–H groups in total. The molecule has 6 heteroatoms. The fraction of sp³-hybridized carbons (Fsp3) is 0. The Balaban J connectivity index is 2.38. The second-order valence-corrected chi connectivity index (χ2v) is 6.49. The summed E-state index contributed by atoms with van der Waals surface area (Å²) in [7, 11) is 0. The molecule has 0 bridgehead atoms. The molecule has 19 heavy (non-hydrogen) atoms. The Morgan fingerprint density at radius 3 is 2.74 bits per heavy atom. The highest BCUT2D eigenvalue weighted by Crippen LogP contribution is 2.26. The highest BCUT2D eigenvalue weighted by molar-refractivity contribution is 14.1. The molecule has 0 saturated carbocycles. The smallest absolute Gasteiger partial charge is 0.182 e. The molecule has 0 atom stereocenters. The van der Waals surface area contributed by atoms with Crippen molar-refractivity contribution in [3.8, 4) is 5.69 Å². The van der Waals surface area contributed by atoms with Crippen molar-refractivity contribution in [3.05, 3.63) is 55.0 Å². The van der Waals surface area contributed by atoms with E-state index in [4.69, 9.17) is 12.2 Å². The molecular weight excluding hydrogens is 442 g/mol. The van der Waals surface area contributed by atoms with Crippen LogP contribution in [0.15, 0.2) is 40.9 Å². The molecule has 0 fully saturated rings. The lowest BCUT2D eigenvalue weighted by molar-refractivity contribution is 0.626. The van der Waals surface area contributed by atoms with Crippen LogP contribution >= 0.6 is 50.7 Å². The van der Waals surface area contributed by atoms with Crippen LogP contribution < -0.4 is 0 Å². The predicted octanol–water partition coefficient (Wildman–Crippen LogP) is 5.19. The van der Waals surface area contributed by atoms with Crippen LogP contribution in [0.2, 0.25) is 0 Å². The summed E-state index contributed by atoms with van der Waals surface area (Å²) in [6.07, 6.45) is 0. The number of aromatic amines is 1. The normalized spacial score (nSPS) is 11.1. The number of fused-ring (bicyclic) bond motifs is 1. The Morgan fingerprint density at radius 2 is 2.00 bits per heavy atom. The molecule has 0 aliphatic carbocycles. The zero-order valence-corrected chi connectivity index (χ0v) is 14.0. The molecule has 0 aliphatic rings. The molecular formula is C13H7BrFIN2S. The summed E-state index contributed by atoms with van der Waals surface area (Å²) >= 11 is 10.9. The Labute approximate surface area is 135 Å². The lowest BCUT2D eigenvalue weighted by Gasteiger charge is -2.07. The number of H-pyrrole nitrogens is 1. The first kappa shape index (κ1) is 13.3. The van der Waals surface area contributed by atoms with Gasteiger partial charge in [-0.3, -0.25) is 4.57 Å². The number of imidazole rings is 1. The summed E-state index contributed by atoms with van der Waals surface area (Å²) in [6, 6.07) is 10.6. The first-order valence-corrected chi connectivity index (χ1v) is 7.70. The van der Waals surface area contributed by atoms with Crippen LogP contribution in [0.3, 0.4) is 0 Å². The molecule has 3 rings (SSSR count). The van der Waals surface area contributed by atoms with Crippen molar-refractivity contribution >= 4 is 61.8 Å². The number of hydrogen-bond donors (Lipinski definition) is 1. The maximum absolute atomic E-state index is 13.2. The Morgan fingerprint density at radius 1 is 1.21 bits per heavy atom. The molecule has 1 aromatic heterocycles. The number of halogens is 3. The lowest BCUT2D eigenvalue weighted by Crippen LogP contribution is -1.97. The van der Waals surface area contributed by atoms with E-state index in [-0.39, 0.29) is 5.82 Å². The van der Waals surface area contributed by atoms with Crippen molar-refractivity contribution in [3.63, 3.8) is 0 Å². The zero-order chi connectivity index (χ0) is 13.6. The summed E-state index contributed by atoms with van der Waals surface area (Å²) in [6.45, 7) is 0. The molecule has 0 aliphatic heterocycles. The van der Waals surface area contributed by atoms with Gasteiger partial charge in [-0.25, -0.2) is 4.39 Å². The monoisotopic (exact) mass is 448 g/mol. The summed E-state index contributed by atoms with van der Waals surface area (Å²) in [4.78, 5) is 3.15. The average molecular weight is 449 g/mol. The number of benzene rings is 2. The molecule has 3 aromatic rings. The number of hydrogen-bond acceptors (Lipinski definition) is 1. The van der Waals surface area contributed by atoms with Crippen LogP contribution in [0, 0.1) is 14.2 Å². The van der Waals surface area contributed by atoms with Gasteiger partial charge in [-0.1, -0.05) is 15.9 Å². The van der Waals surface area contributed by atoms with Crippen molar-refractivity contribution in [1.82, 2.24) is 9.55 Å². The number of nitrogens with zero attached hydrogens (tertiary/aromatic N) is 1. The third-order valence-corrected chi connectivity index (χ3v) is 4.44. The minimum absolute atomic E-state index is 0.249. The highest BCUT2D eigenvalue weighted by atomic mass is 127. The standard InChI is InChI=1S/C13H7BrFIN2S/c14-7-1-3-10-12(5-7)18(13(19)17-10)11-4-2-8(15)6-9(11)16/h1-6H,(H,17,19). The van der Waals surface area contributed by atoms with Crippen LogP contribution in [0.25, 0.3) is 16.7 Å². The average Bonchev–Trinajstić information content (AvgIpc) is 2.65. The van der Waals surface area contributed by atoms with Gasteiger partial charge in [0.1, 0.15) is 5.82 Å². The fourth-order valence-corrected chi connectivity index (χ4v) is 3.35. The fourth-order valence-electron chi connectivity index (χ4n) is 1.98. The van der Waals surface area contributed by atoms with E-state index in [1.165, 1.54) is 12.1 Å². The molecule has 0 unspecified atom stereocenters. The summed E-state index contributed by atoms with van der Waals surface area (Å²) in [5, 5.41) is 0. The van der Waals surface area contributed by atoms with Crippen LogP contribution in [-0.4, -0.2) is 9.55 Å². The highest BCUT2D eigenvalue weighted by Gasteiger charge is 2.10.